The van der Waals surface area contributed by atoms with E-state index < -0.39 is 24.1 Å². The van der Waals surface area contributed by atoms with Crippen molar-refractivity contribution < 1.29 is 19.8 Å². The average Bonchev–Trinajstić information content (AvgIpc) is 2.77. The van der Waals surface area contributed by atoms with Crippen LogP contribution in [0.4, 0.5) is 4.79 Å². The summed E-state index contributed by atoms with van der Waals surface area (Å²) in [6.07, 6.45) is 4.82. The highest BCUT2D eigenvalue weighted by Crippen LogP contribution is 2.18. The highest BCUT2D eigenvalue weighted by atomic mass is 16.4. The molecule has 3 atom stereocenters. The molecule has 1 aliphatic rings. The Hall–Kier alpha value is -1.30. The van der Waals surface area contributed by atoms with Gasteiger partial charge in [0.15, 0.2) is 0 Å². The van der Waals surface area contributed by atoms with Crippen molar-refractivity contribution in [3.05, 3.63) is 0 Å². The largest absolute Gasteiger partial charge is 0.480 e. The second-order valence-corrected chi connectivity index (χ2v) is 5.60. The summed E-state index contributed by atoms with van der Waals surface area (Å²) in [7, 11) is 0. The maximum atomic E-state index is 12.0. The Labute approximate surface area is 120 Å². The molecule has 0 aromatic rings. The van der Waals surface area contributed by atoms with Crippen LogP contribution < -0.4 is 5.32 Å². The number of β-amino-alcohol motifs (C(OH)–C–C–N with tert-alkyl or cyclic N) is 1. The van der Waals surface area contributed by atoms with Gasteiger partial charge in [-0.2, -0.15) is 0 Å². The van der Waals surface area contributed by atoms with Crippen LogP contribution in [0.15, 0.2) is 0 Å². The van der Waals surface area contributed by atoms with Crippen LogP contribution in [0.3, 0.4) is 0 Å². The minimum Gasteiger partial charge on any atom is -0.480 e. The second-order valence-electron chi connectivity index (χ2n) is 5.60. The predicted octanol–water partition coefficient (Wildman–Crippen LogP) is 1.57. The molecule has 3 N–H and O–H groups in total. The van der Waals surface area contributed by atoms with Crippen molar-refractivity contribution >= 4 is 12.0 Å². The van der Waals surface area contributed by atoms with Crippen molar-refractivity contribution in [2.45, 2.75) is 70.6 Å². The number of nitrogens with one attached hydrogen (secondary N) is 1. The normalized spacial score (nSPS) is 23.6. The molecular formula is C14H26N2O4. The molecule has 1 heterocycles. The highest BCUT2D eigenvalue weighted by molar-refractivity contribution is 5.83. The molecule has 0 aromatic heterocycles. The van der Waals surface area contributed by atoms with E-state index >= 15 is 0 Å². The van der Waals surface area contributed by atoms with Gasteiger partial charge in [0.05, 0.1) is 6.10 Å². The molecule has 6 heteroatoms. The Kier molecular flexibility index (Phi) is 6.78. The minimum atomic E-state index is -1.06. The zero-order chi connectivity index (χ0) is 15.1. The van der Waals surface area contributed by atoms with Crippen LogP contribution >= 0.6 is 0 Å². The van der Waals surface area contributed by atoms with E-state index in [0.29, 0.717) is 0 Å². The van der Waals surface area contributed by atoms with E-state index in [2.05, 4.69) is 12.2 Å². The molecule has 0 radical (unpaired) electrons. The molecule has 1 fully saturated rings. The minimum absolute atomic E-state index is 0.0199. The Balaban J connectivity index is 2.39. The standard InChI is InChI=1S/C14H26N2O4/c1-3-4-5-6-7-10(2)15-14(20)16-9-11(17)8-12(16)13(18)19/h10-12,17H,3-9H2,1-2H3,(H,15,20)(H,18,19)/t10?,11-,12+/m1/s1. The van der Waals surface area contributed by atoms with Crippen molar-refractivity contribution in [2.75, 3.05) is 6.54 Å². The highest BCUT2D eigenvalue weighted by Gasteiger charge is 2.39. The van der Waals surface area contributed by atoms with E-state index in [1.165, 1.54) is 17.7 Å². The van der Waals surface area contributed by atoms with Crippen LogP contribution in [-0.4, -0.2) is 51.8 Å². The molecule has 1 unspecified atom stereocenters. The fourth-order valence-corrected chi connectivity index (χ4v) is 2.52. The number of hydrogen-bond acceptors (Lipinski definition) is 3. The SMILES string of the molecule is CCCCCCC(C)NC(=O)N1C[C@H](O)C[C@H]1C(=O)O. The number of urea groups is 1. The molecule has 1 aliphatic heterocycles. The number of carboxylic acids is 1. The third-order valence-corrected chi connectivity index (χ3v) is 3.69. The van der Waals surface area contributed by atoms with Crippen molar-refractivity contribution in [1.29, 1.82) is 0 Å². The molecule has 0 aliphatic carbocycles. The lowest BCUT2D eigenvalue weighted by Crippen LogP contribution is -2.48. The van der Waals surface area contributed by atoms with Gasteiger partial charge in [-0.25, -0.2) is 9.59 Å². The van der Waals surface area contributed by atoms with Gasteiger partial charge < -0.3 is 20.4 Å². The van der Waals surface area contributed by atoms with Gasteiger partial charge in [0.2, 0.25) is 0 Å². The summed E-state index contributed by atoms with van der Waals surface area (Å²) in [5.41, 5.74) is 0. The lowest BCUT2D eigenvalue weighted by Gasteiger charge is -2.24. The molecule has 1 saturated heterocycles. The van der Waals surface area contributed by atoms with Crippen molar-refractivity contribution in [1.82, 2.24) is 10.2 Å². The first-order valence-corrected chi connectivity index (χ1v) is 7.43. The van der Waals surface area contributed by atoms with Crippen molar-refractivity contribution in [3.8, 4) is 0 Å². The Morgan fingerprint density at radius 1 is 1.35 bits per heavy atom. The van der Waals surface area contributed by atoms with E-state index in [-0.39, 0.29) is 19.0 Å². The quantitative estimate of drug-likeness (QED) is 0.620. The first-order valence-electron chi connectivity index (χ1n) is 7.43. The fourth-order valence-electron chi connectivity index (χ4n) is 2.52. The monoisotopic (exact) mass is 286 g/mol. The number of rotatable bonds is 7. The van der Waals surface area contributed by atoms with Gasteiger partial charge in [-0.1, -0.05) is 32.6 Å². The molecule has 0 bridgehead atoms. The van der Waals surface area contributed by atoms with E-state index in [0.717, 1.165) is 19.3 Å². The Bertz CT molecular complexity index is 335. The van der Waals surface area contributed by atoms with Crippen LogP contribution in [0.2, 0.25) is 0 Å². The van der Waals surface area contributed by atoms with Gasteiger partial charge in [-0.3, -0.25) is 0 Å². The number of aliphatic carboxylic acids is 1. The van der Waals surface area contributed by atoms with Gasteiger partial charge in [-0.05, 0) is 13.3 Å². The molecule has 0 spiro atoms. The lowest BCUT2D eigenvalue weighted by atomic mass is 10.1. The summed E-state index contributed by atoms with van der Waals surface area (Å²) in [5, 5.41) is 21.4. The third-order valence-electron chi connectivity index (χ3n) is 3.69. The van der Waals surface area contributed by atoms with E-state index in [4.69, 9.17) is 5.11 Å². The maximum Gasteiger partial charge on any atom is 0.326 e. The number of carboxylic acid groups (broad SMARTS) is 1. The van der Waals surface area contributed by atoms with Crippen LogP contribution in [-0.2, 0) is 4.79 Å². The molecular weight excluding hydrogens is 260 g/mol. The molecule has 116 valence electrons. The summed E-state index contributed by atoms with van der Waals surface area (Å²) in [5.74, 6) is -1.06. The van der Waals surface area contributed by atoms with Gasteiger partial charge in [0, 0.05) is 19.0 Å². The summed E-state index contributed by atoms with van der Waals surface area (Å²) in [6.45, 7) is 4.16. The number of likely N-dealkylation sites (tertiary alicyclic amines) is 1. The number of unbranched alkanes of at least 4 members (excludes halogenated alkanes) is 3. The van der Waals surface area contributed by atoms with E-state index in [1.54, 1.807) is 0 Å². The third kappa shape index (κ3) is 5.00. The number of aliphatic hydroxyl groups excluding tert-OH is 1. The number of amides is 2. The van der Waals surface area contributed by atoms with Crippen molar-refractivity contribution in [3.63, 3.8) is 0 Å². The van der Waals surface area contributed by atoms with E-state index in [1.807, 2.05) is 6.92 Å². The van der Waals surface area contributed by atoms with E-state index in [9.17, 15) is 14.7 Å². The summed E-state index contributed by atoms with van der Waals surface area (Å²) in [6, 6.07) is -1.29. The van der Waals surface area contributed by atoms with Crippen LogP contribution in [0.25, 0.3) is 0 Å². The zero-order valence-electron chi connectivity index (χ0n) is 12.3. The summed E-state index contributed by atoms with van der Waals surface area (Å²) < 4.78 is 0. The van der Waals surface area contributed by atoms with Gasteiger partial charge in [0.1, 0.15) is 6.04 Å². The van der Waals surface area contributed by atoms with Crippen molar-refractivity contribution in [2.24, 2.45) is 0 Å². The number of carbonyl (C=O) groups excluding carboxylic acids is 1. The molecule has 0 aromatic carbocycles. The Morgan fingerprint density at radius 2 is 2.05 bits per heavy atom. The lowest BCUT2D eigenvalue weighted by molar-refractivity contribution is -0.141. The van der Waals surface area contributed by atoms with Gasteiger partial charge in [0.25, 0.3) is 0 Å². The number of nitrogens with zero attached hydrogens (tertiary/aromatic N) is 1. The molecule has 6 nitrogen and oxygen atoms in total. The first kappa shape index (κ1) is 16.8. The molecule has 20 heavy (non-hydrogen) atoms. The predicted molar refractivity (Wildman–Crippen MR) is 75.5 cm³/mol. The van der Waals surface area contributed by atoms with Crippen LogP contribution in [0.1, 0.15) is 52.4 Å². The fraction of sp³-hybridized carbons (Fsp3) is 0.857. The second kappa shape index (κ2) is 8.09. The maximum absolute atomic E-state index is 12.0. The number of hydrogen-bond donors (Lipinski definition) is 3. The summed E-state index contributed by atoms with van der Waals surface area (Å²) >= 11 is 0. The molecule has 1 rings (SSSR count). The van der Waals surface area contributed by atoms with Crippen LogP contribution in [0.5, 0.6) is 0 Å². The van der Waals surface area contributed by atoms with Gasteiger partial charge >= 0.3 is 12.0 Å². The molecule has 2 amide bonds. The average molecular weight is 286 g/mol. The first-order chi connectivity index (χ1) is 9.45. The topological polar surface area (TPSA) is 89.9 Å². The number of aliphatic hydroxyl groups is 1. The zero-order valence-corrected chi connectivity index (χ0v) is 12.3. The van der Waals surface area contributed by atoms with Gasteiger partial charge in [-0.15, -0.1) is 0 Å². The number of carbonyl (C=O) groups is 2. The smallest absolute Gasteiger partial charge is 0.326 e. The van der Waals surface area contributed by atoms with Crippen LogP contribution in [0, 0.1) is 0 Å². The summed E-state index contributed by atoms with van der Waals surface area (Å²) in [4.78, 5) is 24.3. The molecule has 0 saturated carbocycles. The Morgan fingerprint density at radius 3 is 2.65 bits per heavy atom.